The lowest BCUT2D eigenvalue weighted by atomic mass is 10.2. The van der Waals surface area contributed by atoms with Gasteiger partial charge in [-0.2, -0.15) is 9.78 Å². The number of rotatable bonds is 6. The van der Waals surface area contributed by atoms with Crippen LogP contribution in [0.5, 0.6) is 0 Å². The number of amides is 1. The SMILES string of the molecule is Cc1cccc(-n2nc(C(=O)NCc3ccco3)c(=O)n(Cc3cccc(Cl)c3)c2=O)c1. The van der Waals surface area contributed by atoms with E-state index in [1.54, 1.807) is 54.6 Å². The van der Waals surface area contributed by atoms with Gasteiger partial charge >= 0.3 is 5.69 Å². The van der Waals surface area contributed by atoms with Gasteiger partial charge in [-0.3, -0.25) is 14.2 Å². The fourth-order valence-corrected chi connectivity index (χ4v) is 3.42. The highest BCUT2D eigenvalue weighted by Crippen LogP contribution is 2.11. The number of nitrogens with one attached hydrogen (secondary N) is 1. The summed E-state index contributed by atoms with van der Waals surface area (Å²) in [5, 5.41) is 7.18. The lowest BCUT2D eigenvalue weighted by Crippen LogP contribution is -2.46. The standard InChI is InChI=1S/C23H19ClN4O4/c1-15-5-2-8-18(11-15)28-23(31)27(14-16-6-3-7-17(24)12-16)22(30)20(26-28)21(29)25-13-19-9-4-10-32-19/h2-12H,13-14H2,1H3,(H,25,29). The summed E-state index contributed by atoms with van der Waals surface area (Å²) in [5.41, 5.74) is 0.113. The molecular weight excluding hydrogens is 432 g/mol. The predicted molar refractivity (Wildman–Crippen MR) is 119 cm³/mol. The van der Waals surface area contributed by atoms with Gasteiger partial charge in [0.2, 0.25) is 5.69 Å². The second-order valence-electron chi connectivity index (χ2n) is 7.17. The summed E-state index contributed by atoms with van der Waals surface area (Å²) in [5.74, 6) is -0.197. The molecule has 0 spiro atoms. The number of aryl methyl sites for hydroxylation is 1. The van der Waals surface area contributed by atoms with Crippen molar-refractivity contribution in [3.8, 4) is 5.69 Å². The van der Waals surface area contributed by atoms with Crippen molar-refractivity contribution in [3.63, 3.8) is 0 Å². The highest BCUT2D eigenvalue weighted by Gasteiger charge is 2.21. The first-order chi connectivity index (χ1) is 15.4. The monoisotopic (exact) mass is 450 g/mol. The molecule has 2 heterocycles. The molecule has 2 aromatic carbocycles. The van der Waals surface area contributed by atoms with Crippen molar-refractivity contribution in [1.29, 1.82) is 0 Å². The van der Waals surface area contributed by atoms with Crippen molar-refractivity contribution in [1.82, 2.24) is 19.7 Å². The summed E-state index contributed by atoms with van der Waals surface area (Å²) in [6, 6.07) is 17.3. The summed E-state index contributed by atoms with van der Waals surface area (Å²) < 4.78 is 7.23. The zero-order chi connectivity index (χ0) is 22.7. The van der Waals surface area contributed by atoms with Gasteiger partial charge in [-0.15, -0.1) is 0 Å². The van der Waals surface area contributed by atoms with E-state index in [-0.39, 0.29) is 13.1 Å². The van der Waals surface area contributed by atoms with Crippen LogP contribution in [0.2, 0.25) is 5.02 Å². The van der Waals surface area contributed by atoms with Crippen LogP contribution in [0.25, 0.3) is 5.69 Å². The van der Waals surface area contributed by atoms with Crippen LogP contribution in [0.15, 0.2) is 80.9 Å². The molecule has 0 aliphatic carbocycles. The Morgan fingerprint density at radius 3 is 2.62 bits per heavy atom. The number of halogens is 1. The van der Waals surface area contributed by atoms with Crippen LogP contribution in [0, 0.1) is 6.92 Å². The minimum Gasteiger partial charge on any atom is -0.467 e. The van der Waals surface area contributed by atoms with Gasteiger partial charge in [-0.1, -0.05) is 35.9 Å². The smallest absolute Gasteiger partial charge is 0.352 e. The third-order valence-corrected chi connectivity index (χ3v) is 4.99. The van der Waals surface area contributed by atoms with Crippen LogP contribution in [0.3, 0.4) is 0 Å². The van der Waals surface area contributed by atoms with E-state index in [1.165, 1.54) is 6.26 Å². The molecule has 2 aromatic heterocycles. The van der Waals surface area contributed by atoms with Gasteiger partial charge in [-0.05, 0) is 54.4 Å². The number of nitrogens with zero attached hydrogens (tertiary/aromatic N) is 3. The minimum atomic E-state index is -0.796. The van der Waals surface area contributed by atoms with E-state index in [1.807, 2.05) is 13.0 Å². The van der Waals surface area contributed by atoms with Crippen molar-refractivity contribution >= 4 is 17.5 Å². The molecule has 0 aliphatic rings. The third-order valence-electron chi connectivity index (χ3n) is 4.75. The Hall–Kier alpha value is -3.91. The largest absolute Gasteiger partial charge is 0.467 e. The van der Waals surface area contributed by atoms with Gasteiger partial charge in [0.25, 0.3) is 11.5 Å². The Morgan fingerprint density at radius 2 is 1.91 bits per heavy atom. The molecule has 0 radical (unpaired) electrons. The maximum Gasteiger partial charge on any atom is 0.352 e. The Kier molecular flexibility index (Phi) is 6.04. The van der Waals surface area contributed by atoms with Gasteiger partial charge < -0.3 is 9.73 Å². The first kappa shape index (κ1) is 21.3. The van der Waals surface area contributed by atoms with Crippen LogP contribution in [-0.4, -0.2) is 20.3 Å². The zero-order valence-electron chi connectivity index (χ0n) is 17.1. The average Bonchev–Trinajstić information content (AvgIpc) is 3.29. The molecule has 0 unspecified atom stereocenters. The fraction of sp³-hybridized carbons (Fsp3) is 0.130. The molecule has 0 bridgehead atoms. The van der Waals surface area contributed by atoms with Crippen molar-refractivity contribution in [3.05, 3.63) is 115 Å². The zero-order valence-corrected chi connectivity index (χ0v) is 17.9. The first-order valence-corrected chi connectivity index (χ1v) is 10.2. The van der Waals surface area contributed by atoms with E-state index in [4.69, 9.17) is 16.0 Å². The molecule has 4 aromatic rings. The van der Waals surface area contributed by atoms with E-state index in [0.29, 0.717) is 22.0 Å². The molecule has 1 amide bonds. The Balaban J connectivity index is 1.81. The van der Waals surface area contributed by atoms with Gasteiger partial charge in [0.1, 0.15) is 5.76 Å². The summed E-state index contributed by atoms with van der Waals surface area (Å²) in [4.78, 5) is 39.1. The molecule has 0 saturated carbocycles. The number of carbonyl (C=O) groups excluding carboxylic acids is 1. The maximum atomic E-state index is 13.2. The molecule has 1 N–H and O–H groups in total. The highest BCUT2D eigenvalue weighted by molar-refractivity contribution is 6.30. The number of benzene rings is 2. The van der Waals surface area contributed by atoms with Crippen molar-refractivity contribution in [2.45, 2.75) is 20.0 Å². The Labute approximate surface area is 187 Å². The van der Waals surface area contributed by atoms with Crippen molar-refractivity contribution in [2.24, 2.45) is 0 Å². The van der Waals surface area contributed by atoms with Gasteiger partial charge in [0, 0.05) is 5.02 Å². The van der Waals surface area contributed by atoms with Gasteiger partial charge in [0.15, 0.2) is 0 Å². The van der Waals surface area contributed by atoms with Crippen LogP contribution in [-0.2, 0) is 13.1 Å². The second kappa shape index (κ2) is 9.07. The summed E-state index contributed by atoms with van der Waals surface area (Å²) >= 11 is 6.05. The topological polar surface area (TPSA) is 99.1 Å². The van der Waals surface area contributed by atoms with E-state index in [0.717, 1.165) is 14.8 Å². The number of hydrogen-bond donors (Lipinski definition) is 1. The number of carbonyl (C=O) groups is 1. The molecule has 9 heteroatoms. The number of furan rings is 1. The van der Waals surface area contributed by atoms with Crippen LogP contribution >= 0.6 is 11.6 Å². The molecule has 0 fully saturated rings. The second-order valence-corrected chi connectivity index (χ2v) is 7.60. The number of hydrogen-bond acceptors (Lipinski definition) is 5. The quantitative estimate of drug-likeness (QED) is 0.487. The molecule has 8 nitrogen and oxygen atoms in total. The van der Waals surface area contributed by atoms with Crippen LogP contribution in [0.4, 0.5) is 0 Å². The molecule has 0 aliphatic heterocycles. The minimum absolute atomic E-state index is 0.0645. The lowest BCUT2D eigenvalue weighted by molar-refractivity contribution is 0.0938. The molecule has 32 heavy (non-hydrogen) atoms. The number of aromatic nitrogens is 3. The molecular formula is C23H19ClN4O4. The van der Waals surface area contributed by atoms with E-state index in [2.05, 4.69) is 10.4 Å². The predicted octanol–water partition coefficient (Wildman–Crippen LogP) is 2.93. The maximum absolute atomic E-state index is 13.2. The third kappa shape index (κ3) is 4.55. The Morgan fingerprint density at radius 1 is 1.09 bits per heavy atom. The molecule has 0 saturated heterocycles. The van der Waals surface area contributed by atoms with Crippen molar-refractivity contribution in [2.75, 3.05) is 0 Å². The Bertz CT molecular complexity index is 1390. The molecule has 0 atom stereocenters. The highest BCUT2D eigenvalue weighted by atomic mass is 35.5. The summed E-state index contributed by atoms with van der Waals surface area (Å²) in [6.07, 6.45) is 1.48. The molecule has 162 valence electrons. The normalized spacial score (nSPS) is 10.8. The molecule has 4 rings (SSSR count). The summed E-state index contributed by atoms with van der Waals surface area (Å²) in [6.45, 7) is 1.88. The fourth-order valence-electron chi connectivity index (χ4n) is 3.21. The summed E-state index contributed by atoms with van der Waals surface area (Å²) in [7, 11) is 0. The van der Waals surface area contributed by atoms with Crippen LogP contribution < -0.4 is 16.6 Å². The van der Waals surface area contributed by atoms with Crippen LogP contribution in [0.1, 0.15) is 27.4 Å². The lowest BCUT2D eigenvalue weighted by Gasteiger charge is -2.13. The van der Waals surface area contributed by atoms with E-state index in [9.17, 15) is 14.4 Å². The van der Waals surface area contributed by atoms with Gasteiger partial charge in [0.05, 0.1) is 25.0 Å². The van der Waals surface area contributed by atoms with E-state index >= 15 is 0 Å². The van der Waals surface area contributed by atoms with Gasteiger partial charge in [-0.25, -0.2) is 4.79 Å². The average molecular weight is 451 g/mol. The first-order valence-electron chi connectivity index (χ1n) is 9.78. The van der Waals surface area contributed by atoms with E-state index < -0.39 is 22.9 Å². The van der Waals surface area contributed by atoms with Crippen molar-refractivity contribution < 1.29 is 9.21 Å².